The van der Waals surface area contributed by atoms with Crippen molar-refractivity contribution in [3.8, 4) is 0 Å². The van der Waals surface area contributed by atoms with E-state index in [1.165, 1.54) is 6.08 Å². The molecule has 0 aromatic carbocycles. The summed E-state index contributed by atoms with van der Waals surface area (Å²) in [5, 5.41) is 0. The van der Waals surface area contributed by atoms with Gasteiger partial charge in [0.25, 0.3) is 0 Å². The van der Waals surface area contributed by atoms with Gasteiger partial charge in [-0.2, -0.15) is 13.2 Å². The van der Waals surface area contributed by atoms with Crippen LogP contribution in [0.4, 0.5) is 13.2 Å². The summed E-state index contributed by atoms with van der Waals surface area (Å²) in [5.74, 6) is -0.0402. The van der Waals surface area contributed by atoms with Crippen molar-refractivity contribution in [3.63, 3.8) is 0 Å². The van der Waals surface area contributed by atoms with Crippen LogP contribution in [0.2, 0.25) is 0 Å². The van der Waals surface area contributed by atoms with E-state index in [0.717, 1.165) is 6.92 Å². The summed E-state index contributed by atoms with van der Waals surface area (Å²) < 4.78 is 35.2. The maximum Gasteiger partial charge on any atom is 0.412 e. The molecule has 0 aliphatic rings. The Morgan fingerprint density at radius 1 is 1.30 bits per heavy atom. The monoisotopic (exact) mass is 152 g/mol. The van der Waals surface area contributed by atoms with Gasteiger partial charge in [0.2, 0.25) is 0 Å². The molecule has 0 aliphatic carbocycles. The van der Waals surface area contributed by atoms with E-state index >= 15 is 0 Å². The van der Waals surface area contributed by atoms with Gasteiger partial charge >= 0.3 is 6.18 Å². The first-order valence-corrected chi connectivity index (χ1v) is 3.09. The minimum Gasteiger partial charge on any atom is -0.167 e. The predicted molar refractivity (Wildman–Crippen MR) is 34.6 cm³/mol. The van der Waals surface area contributed by atoms with Crippen LogP contribution in [-0.2, 0) is 0 Å². The highest BCUT2D eigenvalue weighted by Gasteiger charge is 2.29. The standard InChI is InChI=1S/C7H11F3/c1-5(2)4-6(3)7(8,9)10/h4-5H,1-3H3/b6-4-. The van der Waals surface area contributed by atoms with Crippen LogP contribution in [-0.4, -0.2) is 6.18 Å². The molecule has 0 nitrogen and oxygen atoms in total. The number of rotatable bonds is 1. The number of hydrogen-bond acceptors (Lipinski definition) is 0. The van der Waals surface area contributed by atoms with E-state index in [4.69, 9.17) is 0 Å². The van der Waals surface area contributed by atoms with Crippen molar-refractivity contribution in [1.82, 2.24) is 0 Å². The minimum atomic E-state index is -4.15. The molecular weight excluding hydrogens is 141 g/mol. The topological polar surface area (TPSA) is 0 Å². The predicted octanol–water partition coefficient (Wildman–Crippen LogP) is 3.15. The van der Waals surface area contributed by atoms with E-state index in [-0.39, 0.29) is 5.92 Å². The Morgan fingerprint density at radius 2 is 1.70 bits per heavy atom. The molecule has 0 radical (unpaired) electrons. The van der Waals surface area contributed by atoms with Crippen LogP contribution < -0.4 is 0 Å². The van der Waals surface area contributed by atoms with Gasteiger partial charge in [-0.1, -0.05) is 19.9 Å². The largest absolute Gasteiger partial charge is 0.412 e. The molecule has 0 amide bonds. The first-order chi connectivity index (χ1) is 4.34. The molecule has 0 atom stereocenters. The van der Waals surface area contributed by atoms with Crippen molar-refractivity contribution in [3.05, 3.63) is 11.6 Å². The fourth-order valence-corrected chi connectivity index (χ4v) is 0.594. The van der Waals surface area contributed by atoms with Crippen molar-refractivity contribution in [2.75, 3.05) is 0 Å². The lowest BCUT2D eigenvalue weighted by Crippen LogP contribution is -2.09. The third-order valence-corrected chi connectivity index (χ3v) is 1.03. The Bertz CT molecular complexity index is 130. The highest BCUT2D eigenvalue weighted by Crippen LogP contribution is 2.25. The number of hydrogen-bond donors (Lipinski definition) is 0. The Balaban J connectivity index is 4.20. The quantitative estimate of drug-likeness (QED) is 0.506. The van der Waals surface area contributed by atoms with Gasteiger partial charge in [0.1, 0.15) is 0 Å². The van der Waals surface area contributed by atoms with Gasteiger partial charge in [-0.3, -0.25) is 0 Å². The van der Waals surface area contributed by atoms with Crippen molar-refractivity contribution in [2.24, 2.45) is 5.92 Å². The van der Waals surface area contributed by atoms with E-state index in [1.807, 2.05) is 0 Å². The fraction of sp³-hybridized carbons (Fsp3) is 0.714. The van der Waals surface area contributed by atoms with E-state index < -0.39 is 11.7 Å². The van der Waals surface area contributed by atoms with E-state index in [9.17, 15) is 13.2 Å². The molecule has 0 aromatic heterocycles. The lowest BCUT2D eigenvalue weighted by atomic mass is 10.1. The fourth-order valence-electron chi connectivity index (χ4n) is 0.594. The van der Waals surface area contributed by atoms with Gasteiger partial charge in [-0.15, -0.1) is 0 Å². The molecule has 0 saturated carbocycles. The lowest BCUT2D eigenvalue weighted by Gasteiger charge is -2.06. The average Bonchev–Trinajstić information content (AvgIpc) is 1.60. The molecule has 0 fully saturated rings. The summed E-state index contributed by atoms with van der Waals surface area (Å²) >= 11 is 0. The van der Waals surface area contributed by atoms with Gasteiger partial charge in [0, 0.05) is 5.57 Å². The summed E-state index contributed by atoms with van der Waals surface area (Å²) in [6, 6.07) is 0. The van der Waals surface area contributed by atoms with Gasteiger partial charge in [-0.25, -0.2) is 0 Å². The average molecular weight is 152 g/mol. The smallest absolute Gasteiger partial charge is 0.167 e. The molecule has 0 rings (SSSR count). The van der Waals surface area contributed by atoms with E-state index in [1.54, 1.807) is 13.8 Å². The first-order valence-electron chi connectivity index (χ1n) is 3.09. The molecular formula is C7H11F3. The highest BCUT2D eigenvalue weighted by atomic mass is 19.4. The molecule has 60 valence electrons. The van der Waals surface area contributed by atoms with Crippen LogP contribution in [0.5, 0.6) is 0 Å². The number of allylic oxidation sites excluding steroid dienone is 2. The molecule has 0 spiro atoms. The molecule has 0 aliphatic heterocycles. The zero-order valence-corrected chi connectivity index (χ0v) is 6.29. The Labute approximate surface area is 58.7 Å². The first kappa shape index (κ1) is 9.53. The van der Waals surface area contributed by atoms with Crippen molar-refractivity contribution in [1.29, 1.82) is 0 Å². The second kappa shape index (κ2) is 3.08. The molecule has 0 unspecified atom stereocenters. The summed E-state index contributed by atoms with van der Waals surface area (Å²) in [7, 11) is 0. The maximum atomic E-state index is 11.7. The van der Waals surface area contributed by atoms with Crippen LogP contribution in [0.1, 0.15) is 20.8 Å². The number of halogens is 3. The van der Waals surface area contributed by atoms with Crippen molar-refractivity contribution in [2.45, 2.75) is 26.9 Å². The maximum absolute atomic E-state index is 11.7. The zero-order valence-electron chi connectivity index (χ0n) is 6.29. The number of alkyl halides is 3. The Hall–Kier alpha value is -0.470. The third-order valence-electron chi connectivity index (χ3n) is 1.03. The molecule has 0 heterocycles. The summed E-state index contributed by atoms with van der Waals surface area (Å²) in [6.45, 7) is 4.52. The zero-order chi connectivity index (χ0) is 8.36. The molecule has 0 saturated heterocycles. The second-order valence-electron chi connectivity index (χ2n) is 2.59. The normalized spacial score (nSPS) is 14.5. The van der Waals surface area contributed by atoms with Crippen LogP contribution in [0.15, 0.2) is 11.6 Å². The Kier molecular flexibility index (Phi) is 2.94. The summed E-state index contributed by atoms with van der Waals surface area (Å²) in [4.78, 5) is 0. The van der Waals surface area contributed by atoms with Gasteiger partial charge in [-0.05, 0) is 12.8 Å². The van der Waals surface area contributed by atoms with Crippen molar-refractivity contribution >= 4 is 0 Å². The Morgan fingerprint density at radius 3 is 1.80 bits per heavy atom. The second-order valence-corrected chi connectivity index (χ2v) is 2.59. The minimum absolute atomic E-state index is 0.0402. The molecule has 10 heavy (non-hydrogen) atoms. The summed E-state index contributed by atoms with van der Waals surface area (Å²) in [6.07, 6.45) is -2.94. The van der Waals surface area contributed by atoms with Gasteiger partial charge in [0.15, 0.2) is 0 Å². The van der Waals surface area contributed by atoms with Crippen LogP contribution in [0.3, 0.4) is 0 Å². The van der Waals surface area contributed by atoms with Crippen LogP contribution >= 0.6 is 0 Å². The molecule has 3 heteroatoms. The van der Waals surface area contributed by atoms with Gasteiger partial charge < -0.3 is 0 Å². The van der Waals surface area contributed by atoms with Crippen LogP contribution in [0, 0.1) is 5.92 Å². The molecule has 0 N–H and O–H groups in total. The van der Waals surface area contributed by atoms with Crippen LogP contribution in [0.25, 0.3) is 0 Å². The molecule has 0 aromatic rings. The van der Waals surface area contributed by atoms with E-state index in [0.29, 0.717) is 0 Å². The van der Waals surface area contributed by atoms with Gasteiger partial charge in [0.05, 0.1) is 0 Å². The van der Waals surface area contributed by atoms with E-state index in [2.05, 4.69) is 0 Å². The highest BCUT2D eigenvalue weighted by molar-refractivity contribution is 5.05. The van der Waals surface area contributed by atoms with Crippen molar-refractivity contribution < 1.29 is 13.2 Å². The SMILES string of the molecule is C/C(=C/C(C)C)C(F)(F)F. The lowest BCUT2D eigenvalue weighted by molar-refractivity contribution is -0.0917. The third kappa shape index (κ3) is 3.54. The summed E-state index contributed by atoms with van der Waals surface area (Å²) in [5.41, 5.74) is -0.512. The molecule has 0 bridgehead atoms.